The number of anilines is 1. The normalized spacial score (nSPS) is 19.6. The summed E-state index contributed by atoms with van der Waals surface area (Å²) in [6, 6.07) is 0.725. The van der Waals surface area contributed by atoms with Crippen molar-refractivity contribution in [2.45, 2.75) is 51.5 Å². The highest BCUT2D eigenvalue weighted by Gasteiger charge is 2.27. The average Bonchev–Trinajstić information content (AvgIpc) is 3.25. The van der Waals surface area contributed by atoms with Gasteiger partial charge >= 0.3 is 0 Å². The Labute approximate surface area is 146 Å². The van der Waals surface area contributed by atoms with Crippen molar-refractivity contribution >= 4 is 28.3 Å². The van der Waals surface area contributed by atoms with Gasteiger partial charge < -0.3 is 10.2 Å². The van der Waals surface area contributed by atoms with E-state index < -0.39 is 0 Å². The van der Waals surface area contributed by atoms with E-state index in [1.165, 1.54) is 37.0 Å². The van der Waals surface area contributed by atoms with Crippen LogP contribution in [0.25, 0.3) is 0 Å². The minimum atomic E-state index is -0.177. The minimum absolute atomic E-state index is 0.0738. The smallest absolute Gasteiger partial charge is 0.226 e. The van der Waals surface area contributed by atoms with Crippen LogP contribution in [0, 0.1) is 6.92 Å². The molecule has 0 atom stereocenters. The van der Waals surface area contributed by atoms with Crippen LogP contribution in [0.1, 0.15) is 43.5 Å². The fourth-order valence-corrected chi connectivity index (χ4v) is 4.12. The zero-order valence-electron chi connectivity index (χ0n) is 14.2. The van der Waals surface area contributed by atoms with E-state index in [1.807, 2.05) is 11.8 Å². The third kappa shape index (κ3) is 4.51. The standard InChI is InChI=1S/C16H25N5O2S/c1-12-18-19-16(24-12)17-14(22)6-7-15(23)21-10-8-20(9-11-21)13-4-2-3-5-13/h13H,2-11H2,1H3,(H,17,19,22). The number of hydrogen-bond acceptors (Lipinski definition) is 6. The van der Waals surface area contributed by atoms with Gasteiger partial charge in [-0.1, -0.05) is 24.2 Å². The molecule has 2 aliphatic rings. The number of aryl methyl sites for hydroxylation is 1. The van der Waals surface area contributed by atoms with E-state index in [2.05, 4.69) is 20.4 Å². The van der Waals surface area contributed by atoms with Gasteiger partial charge in [0.1, 0.15) is 5.01 Å². The molecule has 0 bridgehead atoms. The molecule has 1 N–H and O–H groups in total. The number of carbonyl (C=O) groups excluding carboxylic acids is 2. The van der Waals surface area contributed by atoms with E-state index in [9.17, 15) is 9.59 Å². The average molecular weight is 351 g/mol. The van der Waals surface area contributed by atoms with Crippen LogP contribution >= 0.6 is 11.3 Å². The van der Waals surface area contributed by atoms with Gasteiger partial charge in [-0.05, 0) is 19.8 Å². The van der Waals surface area contributed by atoms with Crippen LogP contribution in [0.4, 0.5) is 5.13 Å². The quantitative estimate of drug-likeness (QED) is 0.873. The molecule has 2 amide bonds. The lowest BCUT2D eigenvalue weighted by molar-refractivity contribution is -0.134. The number of aromatic nitrogens is 2. The van der Waals surface area contributed by atoms with Crippen LogP contribution in [-0.4, -0.2) is 64.0 Å². The number of amides is 2. The van der Waals surface area contributed by atoms with Crippen molar-refractivity contribution in [2.75, 3.05) is 31.5 Å². The Bertz CT molecular complexity index is 577. The first-order chi connectivity index (χ1) is 11.6. The minimum Gasteiger partial charge on any atom is -0.340 e. The fourth-order valence-electron chi connectivity index (χ4n) is 3.51. The van der Waals surface area contributed by atoms with Crippen molar-refractivity contribution in [3.63, 3.8) is 0 Å². The molecule has 3 rings (SSSR count). The number of carbonyl (C=O) groups is 2. The van der Waals surface area contributed by atoms with Gasteiger partial charge in [0.25, 0.3) is 0 Å². The molecule has 1 saturated carbocycles. The summed E-state index contributed by atoms with van der Waals surface area (Å²) in [6.45, 7) is 5.33. The van der Waals surface area contributed by atoms with Gasteiger partial charge in [0.15, 0.2) is 0 Å². The van der Waals surface area contributed by atoms with Crippen molar-refractivity contribution in [2.24, 2.45) is 0 Å². The van der Waals surface area contributed by atoms with Crippen LogP contribution in [0.2, 0.25) is 0 Å². The summed E-state index contributed by atoms with van der Waals surface area (Å²) in [6.07, 6.45) is 5.74. The van der Waals surface area contributed by atoms with Crippen LogP contribution in [-0.2, 0) is 9.59 Å². The lowest BCUT2D eigenvalue weighted by Gasteiger charge is -2.38. The molecular formula is C16H25N5O2S. The van der Waals surface area contributed by atoms with Gasteiger partial charge in [-0.2, -0.15) is 0 Å². The molecule has 2 heterocycles. The summed E-state index contributed by atoms with van der Waals surface area (Å²) in [5.74, 6) is -0.103. The molecule has 0 radical (unpaired) electrons. The SMILES string of the molecule is Cc1nnc(NC(=O)CCC(=O)N2CCN(C3CCCC3)CC2)s1. The van der Waals surface area contributed by atoms with Crippen molar-refractivity contribution in [1.29, 1.82) is 0 Å². The first-order valence-electron chi connectivity index (χ1n) is 8.73. The highest BCUT2D eigenvalue weighted by molar-refractivity contribution is 7.15. The number of rotatable bonds is 5. The molecule has 0 unspecified atom stereocenters. The first kappa shape index (κ1) is 17.3. The van der Waals surface area contributed by atoms with Gasteiger partial charge in [0, 0.05) is 45.1 Å². The summed E-state index contributed by atoms with van der Waals surface area (Å²) < 4.78 is 0. The molecule has 2 fully saturated rings. The highest BCUT2D eigenvalue weighted by atomic mass is 32.1. The largest absolute Gasteiger partial charge is 0.340 e. The molecule has 1 aromatic rings. The maximum atomic E-state index is 12.3. The fraction of sp³-hybridized carbons (Fsp3) is 0.750. The molecule has 132 valence electrons. The summed E-state index contributed by atoms with van der Waals surface area (Å²) in [5, 5.41) is 11.7. The van der Waals surface area contributed by atoms with E-state index >= 15 is 0 Å². The molecule has 1 aliphatic carbocycles. The summed E-state index contributed by atoms with van der Waals surface area (Å²) >= 11 is 1.34. The van der Waals surface area contributed by atoms with Crippen molar-refractivity contribution < 1.29 is 9.59 Å². The molecule has 7 nitrogen and oxygen atoms in total. The van der Waals surface area contributed by atoms with Gasteiger partial charge in [-0.3, -0.25) is 14.5 Å². The third-order valence-electron chi connectivity index (χ3n) is 4.85. The molecule has 1 saturated heterocycles. The second-order valence-electron chi connectivity index (χ2n) is 6.53. The van der Waals surface area contributed by atoms with Gasteiger partial charge in [-0.15, -0.1) is 10.2 Å². The molecule has 8 heteroatoms. The highest BCUT2D eigenvalue weighted by Crippen LogP contribution is 2.24. The van der Waals surface area contributed by atoms with Gasteiger partial charge in [0.2, 0.25) is 16.9 Å². The van der Waals surface area contributed by atoms with Gasteiger partial charge in [0.05, 0.1) is 0 Å². The molecule has 1 aliphatic heterocycles. The van der Waals surface area contributed by atoms with Crippen molar-refractivity contribution in [1.82, 2.24) is 20.0 Å². The van der Waals surface area contributed by atoms with Crippen molar-refractivity contribution in [3.05, 3.63) is 5.01 Å². The second-order valence-corrected chi connectivity index (χ2v) is 7.71. The zero-order chi connectivity index (χ0) is 16.9. The Morgan fingerprint density at radius 2 is 1.83 bits per heavy atom. The Balaban J connectivity index is 1.37. The molecule has 0 aromatic carbocycles. The van der Waals surface area contributed by atoms with Crippen LogP contribution in [0.5, 0.6) is 0 Å². The Hall–Kier alpha value is -1.54. The van der Waals surface area contributed by atoms with E-state index in [4.69, 9.17) is 0 Å². The maximum absolute atomic E-state index is 12.3. The topological polar surface area (TPSA) is 78.4 Å². The summed E-state index contributed by atoms with van der Waals surface area (Å²) in [4.78, 5) is 28.6. The first-order valence-corrected chi connectivity index (χ1v) is 9.55. The number of piperazine rings is 1. The maximum Gasteiger partial charge on any atom is 0.226 e. The Morgan fingerprint density at radius 3 is 2.46 bits per heavy atom. The Morgan fingerprint density at radius 1 is 1.12 bits per heavy atom. The molecule has 0 spiro atoms. The molecule has 24 heavy (non-hydrogen) atoms. The third-order valence-corrected chi connectivity index (χ3v) is 5.60. The number of nitrogens with one attached hydrogen (secondary N) is 1. The summed E-state index contributed by atoms with van der Waals surface area (Å²) in [7, 11) is 0. The van der Waals surface area contributed by atoms with Gasteiger partial charge in [-0.25, -0.2) is 0 Å². The van der Waals surface area contributed by atoms with Crippen LogP contribution in [0.3, 0.4) is 0 Å². The van der Waals surface area contributed by atoms with E-state index in [0.717, 1.165) is 37.2 Å². The number of nitrogens with zero attached hydrogens (tertiary/aromatic N) is 4. The molecule has 1 aromatic heterocycles. The summed E-state index contributed by atoms with van der Waals surface area (Å²) in [5.41, 5.74) is 0. The second kappa shape index (κ2) is 8.02. The number of hydrogen-bond donors (Lipinski definition) is 1. The predicted molar refractivity (Wildman–Crippen MR) is 92.9 cm³/mol. The molecular weight excluding hydrogens is 326 g/mol. The lowest BCUT2D eigenvalue weighted by atomic mass is 10.1. The van der Waals surface area contributed by atoms with E-state index in [0.29, 0.717) is 5.13 Å². The van der Waals surface area contributed by atoms with E-state index in [1.54, 1.807) is 0 Å². The predicted octanol–water partition coefficient (Wildman–Crippen LogP) is 1.65. The zero-order valence-corrected chi connectivity index (χ0v) is 15.0. The van der Waals surface area contributed by atoms with Crippen molar-refractivity contribution in [3.8, 4) is 0 Å². The lowest BCUT2D eigenvalue weighted by Crippen LogP contribution is -2.51. The Kier molecular flexibility index (Phi) is 5.78. The van der Waals surface area contributed by atoms with Crippen LogP contribution < -0.4 is 5.32 Å². The van der Waals surface area contributed by atoms with E-state index in [-0.39, 0.29) is 24.7 Å². The van der Waals surface area contributed by atoms with Crippen LogP contribution in [0.15, 0.2) is 0 Å². The monoisotopic (exact) mass is 351 g/mol.